The van der Waals surface area contributed by atoms with Gasteiger partial charge in [0.2, 0.25) is 0 Å². The molecule has 0 aromatic heterocycles. The number of aliphatic hydroxyl groups excluding tert-OH is 2. The van der Waals surface area contributed by atoms with Gasteiger partial charge in [-0.3, -0.25) is 0 Å². The van der Waals surface area contributed by atoms with E-state index in [2.05, 4.69) is 4.90 Å². The fourth-order valence-electron chi connectivity index (χ4n) is 2.21. The number of ether oxygens (including phenoxy) is 8. The van der Waals surface area contributed by atoms with Gasteiger partial charge in [-0.2, -0.15) is 0 Å². The molecule has 0 atom stereocenters. The van der Waals surface area contributed by atoms with Crippen LogP contribution in [-0.2, 0) is 37.9 Å². The Balaban J connectivity index is 3.10. The van der Waals surface area contributed by atoms with Crippen molar-refractivity contribution in [1.29, 1.82) is 0 Å². The van der Waals surface area contributed by atoms with Crippen LogP contribution in [0.5, 0.6) is 0 Å². The lowest BCUT2D eigenvalue weighted by Gasteiger charge is -2.16. The summed E-state index contributed by atoms with van der Waals surface area (Å²) in [6.45, 7) is 9.94. The molecule has 11 heteroatoms. The molecule has 0 amide bonds. The third-order valence-electron chi connectivity index (χ3n) is 3.94. The van der Waals surface area contributed by atoms with Gasteiger partial charge < -0.3 is 53.0 Å². The number of hydrogen-bond acceptors (Lipinski definition) is 11. The van der Waals surface area contributed by atoms with Gasteiger partial charge in [0.1, 0.15) is 0 Å². The van der Waals surface area contributed by atoms with E-state index in [1.165, 1.54) is 0 Å². The lowest BCUT2D eigenvalue weighted by atomic mass is 10.5. The molecule has 0 fully saturated rings. The van der Waals surface area contributed by atoms with Gasteiger partial charge >= 0.3 is 0 Å². The molecule has 0 aliphatic rings. The molecule has 0 aliphatic carbocycles. The van der Waals surface area contributed by atoms with Crippen molar-refractivity contribution in [1.82, 2.24) is 4.90 Å². The summed E-state index contributed by atoms with van der Waals surface area (Å²) in [5, 5.41) is 17.1. The molecule has 194 valence electrons. The molecule has 0 unspecified atom stereocenters. The summed E-state index contributed by atoms with van der Waals surface area (Å²) in [5.41, 5.74) is 0. The zero-order valence-corrected chi connectivity index (χ0v) is 19.7. The van der Waals surface area contributed by atoms with Gasteiger partial charge in [0.05, 0.1) is 119 Å². The molecule has 2 N–H and O–H groups in total. The summed E-state index contributed by atoms with van der Waals surface area (Å²) < 4.78 is 42.8. The van der Waals surface area contributed by atoms with Crippen LogP contribution in [0.4, 0.5) is 0 Å². The molecule has 11 nitrogen and oxygen atoms in total. The second-order valence-electron chi connectivity index (χ2n) is 6.65. The number of likely N-dealkylation sites (N-methyl/N-ethyl adjacent to an activating group) is 1. The molecular formula is C21H45NO10. The predicted octanol–water partition coefficient (Wildman–Crippen LogP) is -0.964. The predicted molar refractivity (Wildman–Crippen MR) is 118 cm³/mol. The van der Waals surface area contributed by atoms with Crippen LogP contribution >= 0.6 is 0 Å². The van der Waals surface area contributed by atoms with Crippen LogP contribution in [0.25, 0.3) is 0 Å². The largest absolute Gasteiger partial charge is 0.394 e. The fourth-order valence-corrected chi connectivity index (χ4v) is 2.21. The molecule has 32 heavy (non-hydrogen) atoms. The van der Waals surface area contributed by atoms with E-state index in [0.717, 1.165) is 13.1 Å². The van der Waals surface area contributed by atoms with E-state index < -0.39 is 0 Å². The maximum atomic E-state index is 8.58. The molecule has 0 radical (unpaired) electrons. The third kappa shape index (κ3) is 27.6. The molecule has 0 aliphatic heterocycles. The highest BCUT2D eigenvalue weighted by molar-refractivity contribution is 4.49. The normalized spacial score (nSPS) is 11.6. The van der Waals surface area contributed by atoms with E-state index in [1.54, 1.807) is 0 Å². The van der Waals surface area contributed by atoms with E-state index >= 15 is 0 Å². The molecule has 0 rings (SSSR count). The van der Waals surface area contributed by atoms with Crippen molar-refractivity contribution in [3.8, 4) is 0 Å². The zero-order chi connectivity index (χ0) is 23.4. The molecule has 0 spiro atoms. The average Bonchev–Trinajstić information content (AvgIpc) is 2.80. The first-order valence-electron chi connectivity index (χ1n) is 11.3. The standard InChI is InChI=1S/C21H45NO10/c1-22(2-6-25-10-12-27-8-4-23)3-7-26-11-14-29-16-18-31-20-21-32-19-17-30-15-13-28-9-5-24/h23-24H,2-21H2,1H3. The Morgan fingerprint density at radius 3 is 0.844 bits per heavy atom. The van der Waals surface area contributed by atoms with Crippen LogP contribution < -0.4 is 0 Å². The summed E-state index contributed by atoms with van der Waals surface area (Å²) >= 11 is 0. The zero-order valence-electron chi connectivity index (χ0n) is 19.7. The summed E-state index contributed by atoms with van der Waals surface area (Å²) in [5.74, 6) is 0. The minimum atomic E-state index is 0.0302. The molecule has 0 saturated carbocycles. The Hall–Kier alpha value is -0.440. The summed E-state index contributed by atoms with van der Waals surface area (Å²) in [4.78, 5) is 2.14. The first-order valence-corrected chi connectivity index (χ1v) is 11.3. The molecular weight excluding hydrogens is 426 g/mol. The Bertz CT molecular complexity index is 342. The van der Waals surface area contributed by atoms with E-state index in [9.17, 15) is 0 Å². The lowest BCUT2D eigenvalue weighted by Crippen LogP contribution is -2.28. The highest BCUT2D eigenvalue weighted by Crippen LogP contribution is 1.88. The fraction of sp³-hybridized carbons (Fsp3) is 1.00. The van der Waals surface area contributed by atoms with Crippen molar-refractivity contribution >= 4 is 0 Å². The quantitative estimate of drug-likeness (QED) is 0.137. The first kappa shape index (κ1) is 31.6. The highest BCUT2D eigenvalue weighted by Gasteiger charge is 1.99. The van der Waals surface area contributed by atoms with Gasteiger partial charge in [-0.05, 0) is 7.05 Å². The van der Waals surface area contributed by atoms with Gasteiger partial charge in [0.15, 0.2) is 0 Å². The van der Waals surface area contributed by atoms with Crippen molar-refractivity contribution in [2.24, 2.45) is 0 Å². The van der Waals surface area contributed by atoms with Crippen LogP contribution in [0, 0.1) is 0 Å². The number of rotatable bonds is 28. The smallest absolute Gasteiger partial charge is 0.0701 e. The van der Waals surface area contributed by atoms with Gasteiger partial charge in [0.25, 0.3) is 0 Å². The van der Waals surface area contributed by atoms with Crippen LogP contribution in [0.3, 0.4) is 0 Å². The third-order valence-corrected chi connectivity index (χ3v) is 3.94. The Morgan fingerprint density at radius 1 is 0.375 bits per heavy atom. The molecule has 0 aromatic rings. The van der Waals surface area contributed by atoms with Gasteiger partial charge in [-0.25, -0.2) is 0 Å². The van der Waals surface area contributed by atoms with E-state index in [-0.39, 0.29) is 13.2 Å². The maximum Gasteiger partial charge on any atom is 0.0701 e. The summed E-state index contributed by atoms with van der Waals surface area (Å²) in [6, 6.07) is 0. The Kier molecular flexibility index (Phi) is 28.2. The van der Waals surface area contributed by atoms with E-state index in [4.69, 9.17) is 48.1 Å². The SMILES string of the molecule is CN(CCOCCOCCO)CCOCCOCCOCCOCCOCCOCCO. The van der Waals surface area contributed by atoms with Crippen LogP contribution in [0.2, 0.25) is 0 Å². The average molecular weight is 472 g/mol. The van der Waals surface area contributed by atoms with Crippen molar-refractivity contribution in [3.63, 3.8) is 0 Å². The lowest BCUT2D eigenvalue weighted by molar-refractivity contribution is -0.0189. The summed E-state index contributed by atoms with van der Waals surface area (Å²) in [7, 11) is 2.02. The minimum absolute atomic E-state index is 0.0302. The summed E-state index contributed by atoms with van der Waals surface area (Å²) in [6.07, 6.45) is 0. The van der Waals surface area contributed by atoms with Crippen LogP contribution in [0.1, 0.15) is 0 Å². The topological polar surface area (TPSA) is 118 Å². The Morgan fingerprint density at radius 2 is 0.594 bits per heavy atom. The van der Waals surface area contributed by atoms with Crippen molar-refractivity contribution in [2.75, 3.05) is 139 Å². The van der Waals surface area contributed by atoms with Gasteiger partial charge in [-0.1, -0.05) is 0 Å². The molecule has 0 aromatic carbocycles. The first-order chi connectivity index (χ1) is 15.8. The van der Waals surface area contributed by atoms with Crippen molar-refractivity contribution in [2.45, 2.75) is 0 Å². The van der Waals surface area contributed by atoms with Crippen LogP contribution in [0.15, 0.2) is 0 Å². The highest BCUT2D eigenvalue weighted by atomic mass is 16.6. The van der Waals surface area contributed by atoms with Crippen molar-refractivity contribution in [3.05, 3.63) is 0 Å². The van der Waals surface area contributed by atoms with Gasteiger partial charge in [-0.15, -0.1) is 0 Å². The van der Waals surface area contributed by atoms with E-state index in [1.807, 2.05) is 7.05 Å². The second kappa shape index (κ2) is 28.6. The monoisotopic (exact) mass is 471 g/mol. The maximum absolute atomic E-state index is 8.58. The molecule has 0 saturated heterocycles. The van der Waals surface area contributed by atoms with E-state index in [0.29, 0.717) is 106 Å². The molecule has 0 bridgehead atoms. The van der Waals surface area contributed by atoms with Gasteiger partial charge in [0, 0.05) is 13.1 Å². The number of nitrogens with zero attached hydrogens (tertiary/aromatic N) is 1. The Labute approximate surface area is 192 Å². The number of hydrogen-bond donors (Lipinski definition) is 2. The molecule has 0 heterocycles. The van der Waals surface area contributed by atoms with Crippen molar-refractivity contribution < 1.29 is 48.1 Å². The second-order valence-corrected chi connectivity index (χ2v) is 6.65. The number of aliphatic hydroxyl groups is 2. The van der Waals surface area contributed by atoms with Crippen LogP contribution in [-0.4, -0.2) is 154 Å². The minimum Gasteiger partial charge on any atom is -0.394 e.